The second kappa shape index (κ2) is 14.3. The summed E-state index contributed by atoms with van der Waals surface area (Å²) in [6.45, 7) is 3.17. The first-order chi connectivity index (χ1) is 13.2. The number of carbonyl (C=O) groups excluding carboxylic acids is 1. The average Bonchev–Trinajstić information content (AvgIpc) is 2.70. The summed E-state index contributed by atoms with van der Waals surface area (Å²) in [7, 11) is 0. The van der Waals surface area contributed by atoms with E-state index in [1.54, 1.807) is 0 Å². The topological polar surface area (TPSA) is 57.6 Å². The van der Waals surface area contributed by atoms with E-state index >= 15 is 0 Å². The van der Waals surface area contributed by atoms with Gasteiger partial charge in [-0.3, -0.25) is 11.1 Å². The maximum Gasteiger partial charge on any atom is 2.00 e. The number of hydrogen-bond donors (Lipinski definition) is 1. The van der Waals surface area contributed by atoms with Gasteiger partial charge in [-0.25, -0.2) is 0 Å². The fourth-order valence-corrected chi connectivity index (χ4v) is 3.13. The summed E-state index contributed by atoms with van der Waals surface area (Å²) >= 11 is 0. The van der Waals surface area contributed by atoms with Gasteiger partial charge >= 0.3 is 27.0 Å². The molecule has 0 aliphatic carbocycles. The van der Waals surface area contributed by atoms with E-state index in [1.807, 2.05) is 60.9 Å². The molecule has 0 bridgehead atoms. The van der Waals surface area contributed by atoms with Gasteiger partial charge in [0, 0.05) is 6.42 Å². The Hall–Kier alpha value is -1.77. The summed E-state index contributed by atoms with van der Waals surface area (Å²) in [5.41, 5.74) is 3.28. The number of carbonyl (C=O) groups is 1. The molecule has 4 nitrogen and oxygen atoms in total. The Bertz CT molecular complexity index is 700. The molecule has 0 unspecified atom stereocenters. The number of hydrogen-bond acceptors (Lipinski definition) is 3. The molecule has 0 saturated carbocycles. The van der Waals surface area contributed by atoms with Gasteiger partial charge in [-0.1, -0.05) is 60.2 Å². The van der Waals surface area contributed by atoms with Crippen molar-refractivity contribution in [3.05, 3.63) is 66.6 Å². The minimum atomic E-state index is -0.682. The van der Waals surface area contributed by atoms with Gasteiger partial charge in [0.05, 0.1) is 0 Å². The molecule has 3 rings (SSSR count). The van der Waals surface area contributed by atoms with E-state index in [0.29, 0.717) is 12.8 Å². The van der Waals surface area contributed by atoms with Crippen LogP contribution in [0.15, 0.2) is 54.6 Å². The molecule has 1 saturated heterocycles. The quantitative estimate of drug-likeness (QED) is 0.528. The van der Waals surface area contributed by atoms with Crippen molar-refractivity contribution in [2.24, 2.45) is 0 Å². The van der Waals surface area contributed by atoms with Crippen molar-refractivity contribution >= 4 is 12.3 Å². The van der Waals surface area contributed by atoms with Gasteiger partial charge in [-0.05, 0) is 37.2 Å². The zero-order valence-electron chi connectivity index (χ0n) is 16.0. The zero-order chi connectivity index (χ0) is 19.3. The second-order valence-corrected chi connectivity index (χ2v) is 6.55. The summed E-state index contributed by atoms with van der Waals surface area (Å²) < 4.78 is 0. The third-order valence-electron chi connectivity index (χ3n) is 4.53. The third kappa shape index (κ3) is 8.95. The van der Waals surface area contributed by atoms with Gasteiger partial charge in [0.25, 0.3) is 0 Å². The summed E-state index contributed by atoms with van der Waals surface area (Å²) in [5, 5.41) is 8.42. The fourth-order valence-electron chi connectivity index (χ4n) is 3.13. The largest absolute Gasteiger partial charge is 2.00 e. The molecular formula is C23H27NO3W. The fraction of sp³-hybridized carbons (Fsp3) is 0.348. The van der Waals surface area contributed by atoms with Crippen molar-refractivity contribution < 1.29 is 35.8 Å². The molecule has 1 aliphatic rings. The van der Waals surface area contributed by atoms with E-state index in [0.717, 1.165) is 55.6 Å². The molecule has 2 aromatic carbocycles. The number of aliphatic carboxylic acids is 1. The summed E-state index contributed by atoms with van der Waals surface area (Å²) in [4.78, 5) is 23.0. The Morgan fingerprint density at radius 3 is 2.32 bits per heavy atom. The molecule has 0 aromatic heterocycles. The van der Waals surface area contributed by atoms with Gasteiger partial charge in [-0.15, -0.1) is 6.42 Å². The van der Waals surface area contributed by atoms with Crippen LogP contribution in [-0.4, -0.2) is 41.9 Å². The molecule has 1 aliphatic heterocycles. The summed E-state index contributed by atoms with van der Waals surface area (Å²) in [5.74, 6) is -0.682. The molecule has 0 spiro atoms. The van der Waals surface area contributed by atoms with Crippen molar-refractivity contribution in [1.82, 2.24) is 4.90 Å². The van der Waals surface area contributed by atoms with E-state index in [1.165, 1.54) is 0 Å². The van der Waals surface area contributed by atoms with Crippen LogP contribution in [0.4, 0.5) is 0 Å². The average molecular weight is 549 g/mol. The van der Waals surface area contributed by atoms with Crippen molar-refractivity contribution in [3.8, 4) is 11.1 Å². The van der Waals surface area contributed by atoms with Gasteiger partial charge < -0.3 is 21.2 Å². The minimum Gasteiger partial charge on any atom is -0.541 e. The van der Waals surface area contributed by atoms with Crippen molar-refractivity contribution in [1.29, 1.82) is 0 Å². The molecule has 1 heterocycles. The number of benzene rings is 2. The van der Waals surface area contributed by atoms with Gasteiger partial charge in [-0.2, -0.15) is 12.8 Å². The standard InChI is InChI=1S/C14H11O.C9H16NO2.W/c15-11-10-13-8-4-5-9-14(13)12-6-2-1-3-7-12;11-9(12)5-4-8-10-6-2-1-3-7-10;/h1-9H,10H2;1H,2-8H2,(H,11,12);/q2*-1;+2. The third-order valence-corrected chi connectivity index (χ3v) is 4.53. The number of rotatable bonds is 7. The van der Waals surface area contributed by atoms with Crippen LogP contribution in [-0.2, 0) is 37.1 Å². The van der Waals surface area contributed by atoms with Gasteiger partial charge in [0.15, 0.2) is 0 Å². The molecule has 28 heavy (non-hydrogen) atoms. The van der Waals surface area contributed by atoms with Crippen LogP contribution in [0.3, 0.4) is 0 Å². The second-order valence-electron chi connectivity index (χ2n) is 6.55. The minimum absolute atomic E-state index is 0. The molecule has 0 atom stereocenters. The first kappa shape index (κ1) is 24.3. The van der Waals surface area contributed by atoms with Crippen molar-refractivity contribution in [2.75, 3.05) is 19.6 Å². The zero-order valence-corrected chi connectivity index (χ0v) is 19.0. The predicted molar refractivity (Wildman–Crippen MR) is 108 cm³/mol. The Morgan fingerprint density at radius 2 is 1.68 bits per heavy atom. The SMILES string of the molecule is O=C(O)CCCN1CC[CH-]CC1.O=[C-]Cc1ccccc1-c1ccccc1.[W+2]. The van der Waals surface area contributed by atoms with Crippen LogP contribution in [0.5, 0.6) is 0 Å². The predicted octanol–water partition coefficient (Wildman–Crippen LogP) is 4.15. The van der Waals surface area contributed by atoms with E-state index in [2.05, 4.69) is 11.3 Å². The van der Waals surface area contributed by atoms with E-state index in [-0.39, 0.29) is 21.1 Å². The molecular weight excluding hydrogens is 522 g/mol. The van der Waals surface area contributed by atoms with Gasteiger partial charge in [0.1, 0.15) is 0 Å². The molecule has 148 valence electrons. The molecule has 5 heteroatoms. The van der Waals surface area contributed by atoms with Crippen molar-refractivity contribution in [2.45, 2.75) is 32.1 Å². The van der Waals surface area contributed by atoms with E-state index in [4.69, 9.17) is 5.11 Å². The van der Waals surface area contributed by atoms with E-state index in [9.17, 15) is 9.59 Å². The van der Waals surface area contributed by atoms with Crippen LogP contribution in [0.25, 0.3) is 11.1 Å². The maximum absolute atomic E-state index is 10.4. The first-order valence-electron chi connectivity index (χ1n) is 9.45. The Morgan fingerprint density at radius 1 is 1.04 bits per heavy atom. The molecule has 1 fully saturated rings. The van der Waals surface area contributed by atoms with Crippen molar-refractivity contribution in [3.63, 3.8) is 0 Å². The van der Waals surface area contributed by atoms with Crippen LogP contribution >= 0.6 is 0 Å². The first-order valence-corrected chi connectivity index (χ1v) is 9.45. The number of carboxylic acids is 1. The van der Waals surface area contributed by atoms with E-state index < -0.39 is 5.97 Å². The number of likely N-dealkylation sites (tertiary alicyclic amines) is 1. The Balaban J connectivity index is 0.000000277. The Labute approximate surface area is 182 Å². The van der Waals surface area contributed by atoms with Crippen LogP contribution in [0.2, 0.25) is 0 Å². The molecule has 0 amide bonds. The maximum atomic E-state index is 10.4. The Kier molecular flexibility index (Phi) is 12.4. The monoisotopic (exact) mass is 549 g/mol. The number of carboxylic acid groups (broad SMARTS) is 1. The van der Waals surface area contributed by atoms with Crippen LogP contribution < -0.4 is 0 Å². The van der Waals surface area contributed by atoms with Gasteiger partial charge in [0.2, 0.25) is 0 Å². The van der Waals surface area contributed by atoms with Crippen LogP contribution in [0.1, 0.15) is 31.2 Å². The normalized spacial score (nSPS) is 13.6. The number of nitrogens with zero attached hydrogens (tertiary/aromatic N) is 1. The summed E-state index contributed by atoms with van der Waals surface area (Å²) in [6.07, 6.45) is 8.01. The molecule has 2 aromatic rings. The smallest absolute Gasteiger partial charge is 0.541 e. The molecule has 0 radical (unpaired) electrons. The van der Waals surface area contributed by atoms with Crippen LogP contribution in [0, 0.1) is 6.42 Å². The number of piperidine rings is 1. The molecule has 1 N–H and O–H groups in total. The summed E-state index contributed by atoms with van der Waals surface area (Å²) in [6, 6.07) is 18.0.